The summed E-state index contributed by atoms with van der Waals surface area (Å²) in [4.78, 5) is 11.2. The molecular weight excluding hydrogens is 232 g/mol. The lowest BCUT2D eigenvalue weighted by Gasteiger charge is -2.15. The maximum absolute atomic E-state index is 11.2. The van der Waals surface area contributed by atoms with Crippen LogP contribution < -0.4 is 0 Å². The van der Waals surface area contributed by atoms with Gasteiger partial charge in [-0.3, -0.25) is 4.68 Å². The fourth-order valence-electron chi connectivity index (χ4n) is 2.57. The number of aromatic hydroxyl groups is 1. The van der Waals surface area contributed by atoms with E-state index in [-0.39, 0.29) is 11.4 Å². The number of aromatic nitrogens is 2. The van der Waals surface area contributed by atoms with E-state index in [0.717, 1.165) is 28.8 Å². The third kappa shape index (κ3) is 1.40. The summed E-state index contributed by atoms with van der Waals surface area (Å²) in [5.41, 5.74) is 3.68. The normalized spacial score (nSPS) is 12.9. The van der Waals surface area contributed by atoms with Crippen LogP contribution in [0.3, 0.4) is 0 Å². The molecule has 1 aliphatic rings. The number of rotatable bonds is 1. The zero-order chi connectivity index (χ0) is 12.9. The van der Waals surface area contributed by atoms with Crippen molar-refractivity contribution in [3.05, 3.63) is 35.0 Å². The van der Waals surface area contributed by atoms with E-state index < -0.39 is 5.97 Å². The summed E-state index contributed by atoms with van der Waals surface area (Å²) < 4.78 is 1.41. The van der Waals surface area contributed by atoms with Gasteiger partial charge in [-0.05, 0) is 36.6 Å². The molecule has 0 saturated heterocycles. The Kier molecular flexibility index (Phi) is 2.16. The Labute approximate surface area is 103 Å². The maximum Gasteiger partial charge on any atom is 0.354 e. The zero-order valence-electron chi connectivity index (χ0n) is 9.84. The summed E-state index contributed by atoms with van der Waals surface area (Å²) in [5, 5.41) is 23.0. The van der Waals surface area contributed by atoms with E-state index in [2.05, 4.69) is 5.10 Å². The first-order valence-corrected chi connectivity index (χ1v) is 5.69. The summed E-state index contributed by atoms with van der Waals surface area (Å²) in [7, 11) is 1.64. The van der Waals surface area contributed by atoms with Crippen LogP contribution in [0.25, 0.3) is 11.3 Å². The second kappa shape index (κ2) is 3.60. The molecule has 5 nitrogen and oxygen atoms in total. The molecule has 0 unspecified atom stereocenters. The van der Waals surface area contributed by atoms with Crippen molar-refractivity contribution < 1.29 is 15.0 Å². The Hall–Kier alpha value is -2.30. The van der Waals surface area contributed by atoms with Crippen LogP contribution in [0.15, 0.2) is 18.2 Å². The SMILES string of the molecule is Cn1nc2c(c1C(=O)O)CCc1cc(O)ccc1-2. The number of phenols is 1. The van der Waals surface area contributed by atoms with Crippen molar-refractivity contribution >= 4 is 5.97 Å². The van der Waals surface area contributed by atoms with Gasteiger partial charge in [-0.15, -0.1) is 0 Å². The topological polar surface area (TPSA) is 75.4 Å². The minimum absolute atomic E-state index is 0.228. The Bertz CT molecular complexity index is 658. The molecule has 0 aliphatic heterocycles. The number of carboxylic acids is 1. The highest BCUT2D eigenvalue weighted by molar-refractivity contribution is 5.90. The lowest BCUT2D eigenvalue weighted by Crippen LogP contribution is -2.10. The second-order valence-electron chi connectivity index (χ2n) is 4.45. The van der Waals surface area contributed by atoms with Gasteiger partial charge in [0.1, 0.15) is 11.4 Å². The minimum Gasteiger partial charge on any atom is -0.508 e. The molecule has 0 radical (unpaired) electrons. The first-order chi connectivity index (χ1) is 8.58. The molecule has 3 rings (SSSR count). The predicted octanol–water partition coefficient (Wildman–Crippen LogP) is 1.59. The maximum atomic E-state index is 11.2. The highest BCUT2D eigenvalue weighted by Crippen LogP contribution is 2.35. The van der Waals surface area contributed by atoms with Gasteiger partial charge in [0.2, 0.25) is 0 Å². The highest BCUT2D eigenvalue weighted by Gasteiger charge is 2.26. The van der Waals surface area contributed by atoms with Gasteiger partial charge >= 0.3 is 5.97 Å². The molecule has 0 bridgehead atoms. The molecule has 2 N–H and O–H groups in total. The molecule has 1 aliphatic carbocycles. The number of aryl methyl sites for hydroxylation is 2. The summed E-state index contributed by atoms with van der Waals surface area (Å²) >= 11 is 0. The van der Waals surface area contributed by atoms with Gasteiger partial charge in [-0.2, -0.15) is 5.10 Å². The van der Waals surface area contributed by atoms with Crippen LogP contribution in [-0.2, 0) is 19.9 Å². The fourth-order valence-corrected chi connectivity index (χ4v) is 2.57. The van der Waals surface area contributed by atoms with Crippen molar-refractivity contribution in [1.82, 2.24) is 9.78 Å². The first-order valence-electron chi connectivity index (χ1n) is 5.69. The lowest BCUT2D eigenvalue weighted by atomic mass is 9.89. The molecule has 5 heteroatoms. The molecule has 1 aromatic carbocycles. The van der Waals surface area contributed by atoms with Gasteiger partial charge in [0, 0.05) is 18.2 Å². The molecule has 0 atom stereocenters. The van der Waals surface area contributed by atoms with Crippen LogP contribution in [-0.4, -0.2) is 26.0 Å². The van der Waals surface area contributed by atoms with Crippen LogP contribution >= 0.6 is 0 Å². The van der Waals surface area contributed by atoms with Crippen LogP contribution in [0.4, 0.5) is 0 Å². The average molecular weight is 244 g/mol. The summed E-state index contributed by atoms with van der Waals surface area (Å²) in [6.07, 6.45) is 1.37. The van der Waals surface area contributed by atoms with Crippen LogP contribution in [0, 0.1) is 0 Å². The van der Waals surface area contributed by atoms with Crippen molar-refractivity contribution in [2.24, 2.45) is 7.05 Å². The highest BCUT2D eigenvalue weighted by atomic mass is 16.4. The molecule has 1 heterocycles. The van der Waals surface area contributed by atoms with E-state index >= 15 is 0 Å². The molecule has 0 amide bonds. The number of aromatic carboxylic acids is 1. The predicted molar refractivity (Wildman–Crippen MR) is 64.7 cm³/mol. The molecule has 0 fully saturated rings. The zero-order valence-corrected chi connectivity index (χ0v) is 9.84. The quantitative estimate of drug-likeness (QED) is 0.798. The number of fused-ring (bicyclic) bond motifs is 3. The van der Waals surface area contributed by atoms with E-state index in [9.17, 15) is 15.0 Å². The van der Waals surface area contributed by atoms with Crippen molar-refractivity contribution in [2.75, 3.05) is 0 Å². The standard InChI is InChI=1S/C13H12N2O3/c1-15-12(13(17)18)10-4-2-7-6-8(16)3-5-9(7)11(10)14-15/h3,5-6,16H,2,4H2,1H3,(H,17,18). The van der Waals surface area contributed by atoms with Gasteiger partial charge in [0.05, 0.1) is 5.69 Å². The molecule has 0 saturated carbocycles. The minimum atomic E-state index is -0.950. The number of nitrogens with zero attached hydrogens (tertiary/aromatic N) is 2. The van der Waals surface area contributed by atoms with E-state index in [1.54, 1.807) is 25.2 Å². The molecule has 1 aromatic heterocycles. The largest absolute Gasteiger partial charge is 0.508 e. The van der Waals surface area contributed by atoms with E-state index in [1.165, 1.54) is 4.68 Å². The lowest BCUT2D eigenvalue weighted by molar-refractivity contribution is 0.0683. The van der Waals surface area contributed by atoms with Gasteiger partial charge < -0.3 is 10.2 Å². The van der Waals surface area contributed by atoms with E-state index in [1.807, 2.05) is 0 Å². The third-order valence-corrected chi connectivity index (χ3v) is 3.34. The van der Waals surface area contributed by atoms with Crippen molar-refractivity contribution in [3.8, 4) is 17.0 Å². The summed E-state index contributed by atoms with van der Waals surface area (Å²) in [5.74, 6) is -0.722. The Morgan fingerprint density at radius 2 is 2.17 bits per heavy atom. The van der Waals surface area contributed by atoms with E-state index in [0.29, 0.717) is 6.42 Å². The van der Waals surface area contributed by atoms with Crippen molar-refractivity contribution in [2.45, 2.75) is 12.8 Å². The van der Waals surface area contributed by atoms with Crippen molar-refractivity contribution in [3.63, 3.8) is 0 Å². The average Bonchev–Trinajstić information content (AvgIpc) is 2.64. The molecule has 0 spiro atoms. The molecule has 18 heavy (non-hydrogen) atoms. The molecule has 2 aromatic rings. The van der Waals surface area contributed by atoms with Gasteiger partial charge in [-0.1, -0.05) is 0 Å². The number of carbonyl (C=O) groups is 1. The first kappa shape index (κ1) is 10.8. The smallest absolute Gasteiger partial charge is 0.354 e. The van der Waals surface area contributed by atoms with Crippen LogP contribution in [0.5, 0.6) is 5.75 Å². The van der Waals surface area contributed by atoms with Gasteiger partial charge in [0.15, 0.2) is 0 Å². The third-order valence-electron chi connectivity index (χ3n) is 3.34. The Balaban J connectivity index is 2.26. The molecule has 92 valence electrons. The van der Waals surface area contributed by atoms with E-state index in [4.69, 9.17) is 0 Å². The molecular formula is C13H12N2O3. The number of benzene rings is 1. The monoisotopic (exact) mass is 244 g/mol. The Morgan fingerprint density at radius 1 is 1.39 bits per heavy atom. The van der Waals surface area contributed by atoms with Gasteiger partial charge in [0.25, 0.3) is 0 Å². The van der Waals surface area contributed by atoms with Crippen LogP contribution in [0.1, 0.15) is 21.6 Å². The Morgan fingerprint density at radius 3 is 2.89 bits per heavy atom. The number of hydrogen-bond donors (Lipinski definition) is 2. The summed E-state index contributed by atoms with van der Waals surface area (Å²) in [6.45, 7) is 0. The fraction of sp³-hybridized carbons (Fsp3) is 0.231. The van der Waals surface area contributed by atoms with Crippen LogP contribution in [0.2, 0.25) is 0 Å². The second-order valence-corrected chi connectivity index (χ2v) is 4.45. The summed E-state index contributed by atoms with van der Waals surface area (Å²) in [6, 6.07) is 5.11. The number of phenolic OH excluding ortho intramolecular Hbond substituents is 1. The van der Waals surface area contributed by atoms with Crippen molar-refractivity contribution in [1.29, 1.82) is 0 Å². The number of hydrogen-bond acceptors (Lipinski definition) is 3. The number of carboxylic acid groups (broad SMARTS) is 1. The van der Waals surface area contributed by atoms with Gasteiger partial charge in [-0.25, -0.2) is 4.79 Å².